The van der Waals surface area contributed by atoms with Gasteiger partial charge in [0.1, 0.15) is 5.69 Å². The number of likely N-dealkylation sites (tertiary alicyclic amines) is 1. The van der Waals surface area contributed by atoms with E-state index in [4.69, 9.17) is 0 Å². The highest BCUT2D eigenvalue weighted by molar-refractivity contribution is 5.92. The number of hydrogen-bond acceptors (Lipinski definition) is 3. The molecule has 4 heteroatoms. The molecular formula is C14H21N3O. The average Bonchev–Trinajstić information content (AvgIpc) is 2.63. The van der Waals surface area contributed by atoms with Gasteiger partial charge in [-0.05, 0) is 37.3 Å². The van der Waals surface area contributed by atoms with Crippen molar-refractivity contribution >= 4 is 11.6 Å². The van der Waals surface area contributed by atoms with Crippen LogP contribution in [0.1, 0.15) is 36.7 Å². The van der Waals surface area contributed by atoms with Gasteiger partial charge in [-0.3, -0.25) is 4.79 Å². The Balaban J connectivity index is 2.05. The molecule has 18 heavy (non-hydrogen) atoms. The predicted molar refractivity (Wildman–Crippen MR) is 72.7 cm³/mol. The van der Waals surface area contributed by atoms with E-state index in [1.165, 1.54) is 6.42 Å². The number of carbonyl (C=O) groups excluding carboxylic acids is 1. The van der Waals surface area contributed by atoms with Gasteiger partial charge in [-0.2, -0.15) is 0 Å². The molecule has 1 fully saturated rings. The lowest BCUT2D eigenvalue weighted by Gasteiger charge is -2.20. The van der Waals surface area contributed by atoms with Gasteiger partial charge in [0.15, 0.2) is 0 Å². The fourth-order valence-corrected chi connectivity index (χ4v) is 2.30. The van der Waals surface area contributed by atoms with Crippen molar-refractivity contribution in [1.82, 2.24) is 9.88 Å². The van der Waals surface area contributed by atoms with E-state index in [1.807, 2.05) is 18.0 Å². The third-order valence-corrected chi connectivity index (χ3v) is 3.58. The molecule has 1 unspecified atom stereocenters. The molecule has 1 aliphatic heterocycles. The molecule has 1 amide bonds. The van der Waals surface area contributed by atoms with Gasteiger partial charge in [-0.1, -0.05) is 6.92 Å². The van der Waals surface area contributed by atoms with E-state index in [0.717, 1.165) is 37.5 Å². The topological polar surface area (TPSA) is 45.2 Å². The third-order valence-electron chi connectivity index (χ3n) is 3.58. The van der Waals surface area contributed by atoms with Crippen molar-refractivity contribution in [3.05, 3.63) is 24.0 Å². The highest BCUT2D eigenvalue weighted by Crippen LogP contribution is 2.18. The molecule has 1 atom stereocenters. The van der Waals surface area contributed by atoms with Crippen molar-refractivity contribution < 1.29 is 4.79 Å². The fourth-order valence-electron chi connectivity index (χ4n) is 2.30. The Hall–Kier alpha value is -1.58. The van der Waals surface area contributed by atoms with Crippen LogP contribution in [0.4, 0.5) is 5.69 Å². The number of nitrogens with one attached hydrogen (secondary N) is 1. The van der Waals surface area contributed by atoms with Crippen LogP contribution in [-0.4, -0.2) is 35.9 Å². The van der Waals surface area contributed by atoms with Crippen LogP contribution in [0.2, 0.25) is 0 Å². The SMILES string of the molecule is CNc1ccc(C(=O)N2CCCC(C)CC2)nc1. The van der Waals surface area contributed by atoms with Crippen LogP contribution in [0.5, 0.6) is 0 Å². The maximum atomic E-state index is 12.3. The molecule has 2 heterocycles. The first kappa shape index (κ1) is 12.9. The van der Waals surface area contributed by atoms with Crippen LogP contribution in [0, 0.1) is 5.92 Å². The minimum Gasteiger partial charge on any atom is -0.387 e. The van der Waals surface area contributed by atoms with E-state index in [2.05, 4.69) is 17.2 Å². The number of hydrogen-bond donors (Lipinski definition) is 1. The molecule has 1 saturated heterocycles. The number of anilines is 1. The second-order valence-electron chi connectivity index (χ2n) is 5.01. The average molecular weight is 247 g/mol. The van der Waals surface area contributed by atoms with Crippen LogP contribution < -0.4 is 5.32 Å². The van der Waals surface area contributed by atoms with Crippen molar-refractivity contribution in [2.75, 3.05) is 25.5 Å². The Morgan fingerprint density at radius 2 is 2.22 bits per heavy atom. The van der Waals surface area contributed by atoms with Crippen molar-refractivity contribution in [2.24, 2.45) is 5.92 Å². The Morgan fingerprint density at radius 1 is 1.39 bits per heavy atom. The van der Waals surface area contributed by atoms with E-state index in [0.29, 0.717) is 5.69 Å². The Morgan fingerprint density at radius 3 is 2.89 bits per heavy atom. The second kappa shape index (κ2) is 5.85. The number of carbonyl (C=O) groups is 1. The van der Waals surface area contributed by atoms with Gasteiger partial charge in [-0.15, -0.1) is 0 Å². The summed E-state index contributed by atoms with van der Waals surface area (Å²) >= 11 is 0. The molecule has 0 saturated carbocycles. The lowest BCUT2D eigenvalue weighted by molar-refractivity contribution is 0.0754. The first-order chi connectivity index (χ1) is 8.70. The summed E-state index contributed by atoms with van der Waals surface area (Å²) in [6.07, 6.45) is 5.12. The summed E-state index contributed by atoms with van der Waals surface area (Å²) in [5, 5.41) is 3.00. The standard InChI is InChI=1S/C14H21N3O/c1-11-4-3-8-17(9-7-11)14(18)13-6-5-12(15-2)10-16-13/h5-6,10-11,15H,3-4,7-9H2,1-2H3. The summed E-state index contributed by atoms with van der Waals surface area (Å²) in [4.78, 5) is 18.5. The van der Waals surface area contributed by atoms with Crippen LogP contribution in [0.3, 0.4) is 0 Å². The van der Waals surface area contributed by atoms with Gasteiger partial charge in [-0.25, -0.2) is 4.98 Å². The third kappa shape index (κ3) is 3.00. The van der Waals surface area contributed by atoms with E-state index < -0.39 is 0 Å². The van der Waals surface area contributed by atoms with Gasteiger partial charge in [0.25, 0.3) is 5.91 Å². The van der Waals surface area contributed by atoms with E-state index in [9.17, 15) is 4.79 Å². The Labute approximate surface area is 108 Å². The molecule has 98 valence electrons. The molecule has 0 radical (unpaired) electrons. The van der Waals surface area contributed by atoms with Gasteiger partial charge in [0.05, 0.1) is 11.9 Å². The van der Waals surface area contributed by atoms with E-state index in [-0.39, 0.29) is 5.91 Å². The molecule has 0 bridgehead atoms. The predicted octanol–water partition coefficient (Wildman–Crippen LogP) is 2.39. The zero-order chi connectivity index (χ0) is 13.0. The van der Waals surface area contributed by atoms with Gasteiger partial charge < -0.3 is 10.2 Å². The second-order valence-corrected chi connectivity index (χ2v) is 5.01. The largest absolute Gasteiger partial charge is 0.387 e. The molecule has 1 N–H and O–H groups in total. The highest BCUT2D eigenvalue weighted by atomic mass is 16.2. The first-order valence-electron chi connectivity index (χ1n) is 6.64. The Kier molecular flexibility index (Phi) is 4.18. The molecule has 1 aromatic rings. The monoisotopic (exact) mass is 247 g/mol. The van der Waals surface area contributed by atoms with E-state index in [1.54, 1.807) is 12.3 Å². The molecule has 0 spiro atoms. The summed E-state index contributed by atoms with van der Waals surface area (Å²) in [5.41, 5.74) is 1.47. The number of nitrogens with zero attached hydrogens (tertiary/aromatic N) is 2. The lowest BCUT2D eigenvalue weighted by Crippen LogP contribution is -2.32. The summed E-state index contributed by atoms with van der Waals surface area (Å²) in [7, 11) is 1.84. The zero-order valence-electron chi connectivity index (χ0n) is 11.1. The maximum Gasteiger partial charge on any atom is 0.272 e. The van der Waals surface area contributed by atoms with Crippen molar-refractivity contribution in [3.8, 4) is 0 Å². The first-order valence-corrected chi connectivity index (χ1v) is 6.64. The molecule has 0 aromatic carbocycles. The molecule has 2 rings (SSSR count). The summed E-state index contributed by atoms with van der Waals surface area (Å²) in [5.74, 6) is 0.786. The van der Waals surface area contributed by atoms with E-state index >= 15 is 0 Å². The quantitative estimate of drug-likeness (QED) is 0.872. The summed E-state index contributed by atoms with van der Waals surface area (Å²) in [6.45, 7) is 3.97. The van der Waals surface area contributed by atoms with Gasteiger partial charge in [0, 0.05) is 20.1 Å². The zero-order valence-corrected chi connectivity index (χ0v) is 11.1. The van der Waals surface area contributed by atoms with Crippen LogP contribution in [0.15, 0.2) is 18.3 Å². The molecule has 1 aliphatic rings. The molecular weight excluding hydrogens is 226 g/mol. The number of aromatic nitrogens is 1. The van der Waals surface area contributed by atoms with Crippen molar-refractivity contribution in [1.29, 1.82) is 0 Å². The Bertz CT molecular complexity index is 402. The lowest BCUT2D eigenvalue weighted by atomic mass is 10.0. The van der Waals surface area contributed by atoms with Crippen LogP contribution in [0.25, 0.3) is 0 Å². The molecule has 0 aliphatic carbocycles. The van der Waals surface area contributed by atoms with Crippen molar-refractivity contribution in [2.45, 2.75) is 26.2 Å². The molecule has 1 aromatic heterocycles. The maximum absolute atomic E-state index is 12.3. The van der Waals surface area contributed by atoms with Gasteiger partial charge in [0.2, 0.25) is 0 Å². The van der Waals surface area contributed by atoms with Gasteiger partial charge >= 0.3 is 0 Å². The minimum absolute atomic E-state index is 0.0618. The highest BCUT2D eigenvalue weighted by Gasteiger charge is 2.20. The van der Waals surface area contributed by atoms with Crippen molar-refractivity contribution in [3.63, 3.8) is 0 Å². The fraction of sp³-hybridized carbons (Fsp3) is 0.571. The van der Waals surface area contributed by atoms with Crippen LogP contribution in [-0.2, 0) is 0 Å². The van der Waals surface area contributed by atoms with Crippen LogP contribution >= 0.6 is 0 Å². The normalized spacial score (nSPS) is 20.3. The number of rotatable bonds is 2. The summed E-state index contributed by atoms with van der Waals surface area (Å²) < 4.78 is 0. The molecule has 4 nitrogen and oxygen atoms in total. The smallest absolute Gasteiger partial charge is 0.272 e. The minimum atomic E-state index is 0.0618. The number of amides is 1. The number of pyridine rings is 1. The summed E-state index contributed by atoms with van der Waals surface area (Å²) in [6, 6.07) is 3.68.